The largest absolute Gasteiger partial charge is 0.380 e. The lowest BCUT2D eigenvalue weighted by Gasteiger charge is -2.23. The zero-order valence-corrected chi connectivity index (χ0v) is 11.2. The van der Waals surface area contributed by atoms with Crippen molar-refractivity contribution < 1.29 is 13.2 Å². The van der Waals surface area contributed by atoms with Crippen molar-refractivity contribution in [3.8, 4) is 0 Å². The van der Waals surface area contributed by atoms with Crippen LogP contribution in [-0.4, -0.2) is 70.3 Å². The Morgan fingerprint density at radius 1 is 1.41 bits per heavy atom. The summed E-state index contributed by atoms with van der Waals surface area (Å²) in [5, 5.41) is 3.33. The van der Waals surface area contributed by atoms with Gasteiger partial charge in [0.05, 0.1) is 18.1 Å². The highest BCUT2D eigenvalue weighted by molar-refractivity contribution is 7.91. The molecule has 2 aliphatic heterocycles. The smallest absolute Gasteiger partial charge is 0.151 e. The average Bonchev–Trinajstić information content (AvgIpc) is 2.87. The summed E-state index contributed by atoms with van der Waals surface area (Å²) in [7, 11) is -0.654. The van der Waals surface area contributed by atoms with Gasteiger partial charge in [-0.05, 0) is 19.9 Å². The van der Waals surface area contributed by atoms with Crippen LogP contribution in [0.4, 0.5) is 0 Å². The van der Waals surface area contributed by atoms with Gasteiger partial charge in [-0.25, -0.2) is 8.42 Å². The summed E-state index contributed by atoms with van der Waals surface area (Å²) in [5.74, 6) is 0.653. The van der Waals surface area contributed by atoms with Crippen LogP contribution in [0.1, 0.15) is 12.8 Å². The fourth-order valence-corrected chi connectivity index (χ4v) is 4.16. The zero-order chi connectivity index (χ0) is 12.3. The van der Waals surface area contributed by atoms with Crippen molar-refractivity contribution in [2.45, 2.75) is 24.9 Å². The highest BCUT2D eigenvalue weighted by Crippen LogP contribution is 2.12. The number of hydrogen-bond donors (Lipinski definition) is 1. The highest BCUT2D eigenvalue weighted by atomic mass is 32.2. The minimum Gasteiger partial charge on any atom is -0.380 e. The van der Waals surface area contributed by atoms with Crippen molar-refractivity contribution in [1.29, 1.82) is 0 Å². The topological polar surface area (TPSA) is 58.6 Å². The Labute approximate surface area is 103 Å². The predicted molar refractivity (Wildman–Crippen MR) is 66.9 cm³/mol. The molecule has 2 atom stereocenters. The summed E-state index contributed by atoms with van der Waals surface area (Å²) in [5.41, 5.74) is 0. The molecule has 2 unspecified atom stereocenters. The molecule has 0 amide bonds. The van der Waals surface area contributed by atoms with Crippen molar-refractivity contribution in [2.24, 2.45) is 0 Å². The van der Waals surface area contributed by atoms with Crippen molar-refractivity contribution in [2.75, 3.05) is 44.9 Å². The molecule has 0 aliphatic carbocycles. The number of rotatable bonds is 5. The Hall–Kier alpha value is -0.170. The van der Waals surface area contributed by atoms with Gasteiger partial charge in [0.1, 0.15) is 0 Å². The van der Waals surface area contributed by atoms with Gasteiger partial charge in [0, 0.05) is 31.8 Å². The molecule has 2 rings (SSSR count). The summed E-state index contributed by atoms with van der Waals surface area (Å²) in [4.78, 5) is 2.30. The summed E-state index contributed by atoms with van der Waals surface area (Å²) in [6, 6.07) is 0.692. The Balaban J connectivity index is 1.63. The van der Waals surface area contributed by atoms with Crippen LogP contribution in [0.25, 0.3) is 0 Å². The molecule has 2 fully saturated rings. The molecule has 1 N–H and O–H groups in total. The lowest BCUT2D eigenvalue weighted by Crippen LogP contribution is -2.40. The first kappa shape index (κ1) is 13.3. The molecule has 100 valence electrons. The van der Waals surface area contributed by atoms with Gasteiger partial charge >= 0.3 is 0 Å². The Bertz CT molecular complexity index is 339. The normalized spacial score (nSPS) is 32.4. The van der Waals surface area contributed by atoms with Gasteiger partial charge in [-0.15, -0.1) is 0 Å². The second-order valence-electron chi connectivity index (χ2n) is 5.05. The SMILES string of the molecule is CN(CCNC1CCS(=O)(=O)C1)C1CCOC1. The van der Waals surface area contributed by atoms with Gasteiger partial charge < -0.3 is 10.1 Å². The van der Waals surface area contributed by atoms with Crippen LogP contribution in [-0.2, 0) is 14.6 Å². The Kier molecular flexibility index (Phi) is 4.41. The molecule has 2 heterocycles. The maximum atomic E-state index is 11.3. The van der Waals surface area contributed by atoms with Crippen molar-refractivity contribution >= 4 is 9.84 Å². The molecule has 0 bridgehead atoms. The van der Waals surface area contributed by atoms with E-state index in [9.17, 15) is 8.42 Å². The molecule has 0 aromatic heterocycles. The van der Waals surface area contributed by atoms with Gasteiger partial charge in [0.25, 0.3) is 0 Å². The van der Waals surface area contributed by atoms with Crippen molar-refractivity contribution in [1.82, 2.24) is 10.2 Å². The van der Waals surface area contributed by atoms with E-state index in [4.69, 9.17) is 4.74 Å². The maximum Gasteiger partial charge on any atom is 0.151 e. The highest BCUT2D eigenvalue weighted by Gasteiger charge is 2.27. The molecule has 0 aromatic carbocycles. The molecular formula is C11H22N2O3S. The van der Waals surface area contributed by atoms with Crippen LogP contribution >= 0.6 is 0 Å². The summed E-state index contributed by atoms with van der Waals surface area (Å²) in [6.45, 7) is 3.50. The third kappa shape index (κ3) is 3.91. The Morgan fingerprint density at radius 2 is 2.24 bits per heavy atom. The van der Waals surface area contributed by atoms with E-state index in [1.165, 1.54) is 0 Å². The monoisotopic (exact) mass is 262 g/mol. The van der Waals surface area contributed by atoms with E-state index >= 15 is 0 Å². The fraction of sp³-hybridized carbons (Fsp3) is 1.00. The van der Waals surface area contributed by atoms with Crippen molar-refractivity contribution in [3.05, 3.63) is 0 Å². The first-order chi connectivity index (χ1) is 8.07. The van der Waals surface area contributed by atoms with Crippen LogP contribution < -0.4 is 5.32 Å². The predicted octanol–water partition coefficient (Wildman–Crippen LogP) is -0.516. The first-order valence-electron chi connectivity index (χ1n) is 6.28. The third-order valence-electron chi connectivity index (χ3n) is 3.66. The molecule has 17 heavy (non-hydrogen) atoms. The molecule has 0 aromatic rings. The van der Waals surface area contributed by atoms with Crippen LogP contribution in [0.15, 0.2) is 0 Å². The van der Waals surface area contributed by atoms with E-state index in [1.54, 1.807) is 0 Å². The second-order valence-corrected chi connectivity index (χ2v) is 7.28. The summed E-state index contributed by atoms with van der Waals surface area (Å²) in [6.07, 6.45) is 1.87. The van der Waals surface area contributed by atoms with E-state index in [2.05, 4.69) is 17.3 Å². The van der Waals surface area contributed by atoms with E-state index in [-0.39, 0.29) is 6.04 Å². The minimum atomic E-state index is -2.76. The molecule has 0 saturated carbocycles. The van der Waals surface area contributed by atoms with Crippen LogP contribution in [0.5, 0.6) is 0 Å². The van der Waals surface area contributed by atoms with Crippen LogP contribution in [0.3, 0.4) is 0 Å². The molecule has 2 aliphatic rings. The van der Waals surface area contributed by atoms with E-state index in [1.807, 2.05) is 0 Å². The van der Waals surface area contributed by atoms with Gasteiger partial charge in [-0.2, -0.15) is 0 Å². The third-order valence-corrected chi connectivity index (χ3v) is 5.43. The number of likely N-dealkylation sites (N-methyl/N-ethyl adjacent to an activating group) is 1. The number of nitrogens with zero attached hydrogens (tertiary/aromatic N) is 1. The molecular weight excluding hydrogens is 240 g/mol. The average molecular weight is 262 g/mol. The molecule has 6 heteroatoms. The van der Waals surface area contributed by atoms with Gasteiger partial charge in [-0.1, -0.05) is 0 Å². The second kappa shape index (κ2) is 5.65. The fourth-order valence-electron chi connectivity index (χ4n) is 2.45. The quantitative estimate of drug-likeness (QED) is 0.723. The Morgan fingerprint density at radius 3 is 2.82 bits per heavy atom. The van der Waals surface area contributed by atoms with Crippen LogP contribution in [0.2, 0.25) is 0 Å². The van der Waals surface area contributed by atoms with E-state index in [0.29, 0.717) is 17.5 Å². The molecule has 2 saturated heterocycles. The number of ether oxygens (including phenoxy) is 1. The molecule has 5 nitrogen and oxygen atoms in total. The standard InChI is InChI=1S/C11H22N2O3S/c1-13(11-2-6-16-8-11)5-4-12-10-3-7-17(14,15)9-10/h10-12H,2-9H2,1H3. The number of hydrogen-bond acceptors (Lipinski definition) is 5. The molecule has 0 radical (unpaired) electrons. The lowest BCUT2D eigenvalue weighted by molar-refractivity contribution is 0.159. The van der Waals surface area contributed by atoms with Crippen molar-refractivity contribution in [3.63, 3.8) is 0 Å². The van der Waals surface area contributed by atoms with Gasteiger partial charge in [-0.3, -0.25) is 4.90 Å². The summed E-state index contributed by atoms with van der Waals surface area (Å²) < 4.78 is 27.9. The number of sulfone groups is 1. The number of nitrogens with one attached hydrogen (secondary N) is 1. The first-order valence-corrected chi connectivity index (χ1v) is 8.11. The lowest BCUT2D eigenvalue weighted by atomic mass is 10.2. The molecule has 0 spiro atoms. The van der Waals surface area contributed by atoms with Gasteiger partial charge in [0.15, 0.2) is 9.84 Å². The minimum absolute atomic E-state index is 0.160. The zero-order valence-electron chi connectivity index (χ0n) is 10.4. The van der Waals surface area contributed by atoms with E-state index in [0.717, 1.165) is 39.1 Å². The maximum absolute atomic E-state index is 11.3. The van der Waals surface area contributed by atoms with Gasteiger partial charge in [0.2, 0.25) is 0 Å². The van der Waals surface area contributed by atoms with E-state index < -0.39 is 9.84 Å². The summed E-state index contributed by atoms with van der Waals surface area (Å²) >= 11 is 0. The van der Waals surface area contributed by atoms with Crippen LogP contribution in [0, 0.1) is 0 Å².